The molecule has 1 amide bonds. The molecule has 0 aliphatic carbocycles. The number of carboxylic acid groups (broad SMARTS) is 1. The van der Waals surface area contributed by atoms with E-state index < -0.39 is 17.9 Å². The highest BCUT2D eigenvalue weighted by atomic mass is 16.5. The lowest BCUT2D eigenvalue weighted by Gasteiger charge is -2.18. The van der Waals surface area contributed by atoms with E-state index in [1.165, 1.54) is 20.3 Å². The van der Waals surface area contributed by atoms with Gasteiger partial charge in [0.2, 0.25) is 5.76 Å². The Balaban J connectivity index is 2.28. The third kappa shape index (κ3) is 4.03. The number of nitrogens with zero attached hydrogens (tertiary/aromatic N) is 1. The number of rotatable bonds is 7. The number of carbonyl (C=O) groups is 2. The summed E-state index contributed by atoms with van der Waals surface area (Å²) in [5.41, 5.74) is 1.13. The van der Waals surface area contributed by atoms with Gasteiger partial charge in [-0.2, -0.15) is 0 Å². The molecule has 0 radical (unpaired) electrons. The lowest BCUT2D eigenvalue weighted by atomic mass is 10.0. The summed E-state index contributed by atoms with van der Waals surface area (Å²) in [4.78, 5) is 23.3. The Bertz CT molecular complexity index is 740. The molecule has 1 aromatic heterocycles. The predicted molar refractivity (Wildman–Crippen MR) is 83.2 cm³/mol. The van der Waals surface area contributed by atoms with E-state index >= 15 is 0 Å². The van der Waals surface area contributed by atoms with Crippen molar-refractivity contribution in [1.82, 2.24) is 10.5 Å². The highest BCUT2D eigenvalue weighted by molar-refractivity contribution is 5.92. The summed E-state index contributed by atoms with van der Waals surface area (Å²) in [6.07, 6.45) is -0.297. The number of aliphatic carboxylic acids is 1. The van der Waals surface area contributed by atoms with Crippen molar-refractivity contribution < 1.29 is 28.7 Å². The van der Waals surface area contributed by atoms with Crippen molar-refractivity contribution in [3.05, 3.63) is 41.3 Å². The fraction of sp³-hybridized carbons (Fsp3) is 0.312. The van der Waals surface area contributed by atoms with Gasteiger partial charge in [-0.3, -0.25) is 9.59 Å². The standard InChI is InChI=1S/C16H18N2O6/c1-9-6-14(24-18-9)16(21)17-11(8-15(19)20)10-4-5-12(22-2)13(7-10)23-3/h4-7,11H,8H2,1-3H3,(H,17,21)(H,19,20)/t11-/m1/s1. The third-order valence-electron chi connectivity index (χ3n) is 3.35. The van der Waals surface area contributed by atoms with Crippen LogP contribution < -0.4 is 14.8 Å². The van der Waals surface area contributed by atoms with E-state index in [0.717, 1.165) is 0 Å². The van der Waals surface area contributed by atoms with Crippen molar-refractivity contribution in [3.8, 4) is 11.5 Å². The third-order valence-corrected chi connectivity index (χ3v) is 3.35. The van der Waals surface area contributed by atoms with Crippen LogP contribution in [0.3, 0.4) is 0 Å². The van der Waals surface area contributed by atoms with Crippen LogP contribution in [0.2, 0.25) is 0 Å². The van der Waals surface area contributed by atoms with Crippen LogP contribution in [-0.2, 0) is 4.79 Å². The van der Waals surface area contributed by atoms with Crippen molar-refractivity contribution in [2.24, 2.45) is 0 Å². The molecule has 2 aromatic rings. The Morgan fingerprint density at radius 2 is 1.96 bits per heavy atom. The second-order valence-electron chi connectivity index (χ2n) is 5.07. The Morgan fingerprint density at radius 3 is 2.50 bits per heavy atom. The monoisotopic (exact) mass is 334 g/mol. The molecule has 1 atom stereocenters. The maximum Gasteiger partial charge on any atom is 0.305 e. The largest absolute Gasteiger partial charge is 0.493 e. The number of aromatic nitrogens is 1. The van der Waals surface area contributed by atoms with Gasteiger partial charge in [-0.1, -0.05) is 11.2 Å². The number of benzene rings is 1. The summed E-state index contributed by atoms with van der Waals surface area (Å²) < 4.78 is 15.3. The SMILES string of the molecule is COc1ccc([C@@H](CC(=O)O)NC(=O)c2cc(C)no2)cc1OC. The Kier molecular flexibility index (Phi) is 5.41. The molecule has 8 heteroatoms. The second kappa shape index (κ2) is 7.49. The first-order valence-corrected chi connectivity index (χ1v) is 7.12. The molecule has 2 N–H and O–H groups in total. The van der Waals surface area contributed by atoms with Gasteiger partial charge in [-0.15, -0.1) is 0 Å². The summed E-state index contributed by atoms with van der Waals surface area (Å²) in [5.74, 6) is -0.633. The lowest BCUT2D eigenvalue weighted by Crippen LogP contribution is -2.30. The molecule has 128 valence electrons. The molecule has 0 spiro atoms. The molecule has 0 aliphatic heterocycles. The molecule has 2 rings (SSSR count). The van der Waals surface area contributed by atoms with Crippen LogP contribution in [0.4, 0.5) is 0 Å². The number of hydrogen-bond donors (Lipinski definition) is 2. The van der Waals surface area contributed by atoms with Crippen molar-refractivity contribution in [2.45, 2.75) is 19.4 Å². The first-order chi connectivity index (χ1) is 11.4. The van der Waals surface area contributed by atoms with Gasteiger partial charge in [0.25, 0.3) is 5.91 Å². The number of carboxylic acids is 1. The number of ether oxygens (including phenoxy) is 2. The zero-order valence-corrected chi connectivity index (χ0v) is 13.5. The molecule has 0 bridgehead atoms. The Labute approximate surface area is 138 Å². The minimum Gasteiger partial charge on any atom is -0.493 e. The number of nitrogens with one attached hydrogen (secondary N) is 1. The van der Waals surface area contributed by atoms with Crippen LogP contribution in [0.25, 0.3) is 0 Å². The number of aryl methyl sites for hydroxylation is 1. The van der Waals surface area contributed by atoms with E-state index in [2.05, 4.69) is 10.5 Å². The highest BCUT2D eigenvalue weighted by Gasteiger charge is 2.22. The number of carbonyl (C=O) groups excluding carboxylic acids is 1. The van der Waals surface area contributed by atoms with Gasteiger partial charge in [0.05, 0.1) is 32.4 Å². The predicted octanol–water partition coefficient (Wildman–Crippen LogP) is 1.95. The lowest BCUT2D eigenvalue weighted by molar-refractivity contribution is -0.137. The van der Waals surface area contributed by atoms with Crippen LogP contribution in [0.15, 0.2) is 28.8 Å². The average Bonchev–Trinajstić information content (AvgIpc) is 2.99. The summed E-state index contributed by atoms with van der Waals surface area (Å²) in [6, 6.07) is 5.65. The van der Waals surface area contributed by atoms with Gasteiger partial charge in [0.15, 0.2) is 11.5 Å². The van der Waals surface area contributed by atoms with Gasteiger partial charge < -0.3 is 24.4 Å². The van der Waals surface area contributed by atoms with Gasteiger partial charge >= 0.3 is 5.97 Å². The molecule has 0 saturated heterocycles. The number of hydrogen-bond acceptors (Lipinski definition) is 6. The fourth-order valence-corrected chi connectivity index (χ4v) is 2.20. The van der Waals surface area contributed by atoms with Gasteiger partial charge in [0, 0.05) is 6.07 Å². The van der Waals surface area contributed by atoms with E-state index in [1.807, 2.05) is 0 Å². The summed E-state index contributed by atoms with van der Waals surface area (Å²) >= 11 is 0. The molecule has 1 aromatic carbocycles. The molecule has 0 unspecified atom stereocenters. The van der Waals surface area contributed by atoms with Crippen LogP contribution in [0, 0.1) is 6.92 Å². The molecule has 24 heavy (non-hydrogen) atoms. The number of methoxy groups -OCH3 is 2. The van der Waals surface area contributed by atoms with Crippen LogP contribution in [0.1, 0.15) is 34.3 Å². The zero-order valence-electron chi connectivity index (χ0n) is 13.5. The maximum atomic E-state index is 12.2. The van der Waals surface area contributed by atoms with Crippen LogP contribution in [-0.4, -0.2) is 36.4 Å². The number of amides is 1. The quantitative estimate of drug-likeness (QED) is 0.796. The van der Waals surface area contributed by atoms with Crippen molar-refractivity contribution >= 4 is 11.9 Å². The van der Waals surface area contributed by atoms with Crippen molar-refractivity contribution in [3.63, 3.8) is 0 Å². The summed E-state index contributed by atoms with van der Waals surface area (Å²) in [7, 11) is 2.98. The van der Waals surface area contributed by atoms with E-state index in [0.29, 0.717) is 22.8 Å². The van der Waals surface area contributed by atoms with E-state index in [-0.39, 0.29) is 12.2 Å². The summed E-state index contributed by atoms with van der Waals surface area (Å²) in [5, 5.41) is 15.4. The van der Waals surface area contributed by atoms with Crippen LogP contribution in [0.5, 0.6) is 11.5 Å². The molecule has 0 fully saturated rings. The zero-order chi connectivity index (χ0) is 17.7. The molecule has 1 heterocycles. The smallest absolute Gasteiger partial charge is 0.305 e. The van der Waals surface area contributed by atoms with Crippen LogP contribution >= 0.6 is 0 Å². The molecule has 0 saturated carbocycles. The summed E-state index contributed by atoms with van der Waals surface area (Å²) in [6.45, 7) is 1.68. The van der Waals surface area contributed by atoms with E-state index in [1.54, 1.807) is 25.1 Å². The maximum absolute atomic E-state index is 12.2. The molecule has 0 aliphatic rings. The first kappa shape index (κ1) is 17.3. The van der Waals surface area contributed by atoms with Crippen molar-refractivity contribution in [1.29, 1.82) is 0 Å². The topological polar surface area (TPSA) is 111 Å². The average molecular weight is 334 g/mol. The minimum absolute atomic E-state index is 0.0170. The molecular formula is C16H18N2O6. The first-order valence-electron chi connectivity index (χ1n) is 7.12. The molecule has 8 nitrogen and oxygen atoms in total. The van der Waals surface area contributed by atoms with Gasteiger partial charge in [0.1, 0.15) is 0 Å². The second-order valence-corrected chi connectivity index (χ2v) is 5.07. The van der Waals surface area contributed by atoms with Gasteiger partial charge in [-0.05, 0) is 24.6 Å². The molecular weight excluding hydrogens is 316 g/mol. The minimum atomic E-state index is -1.05. The van der Waals surface area contributed by atoms with Crippen molar-refractivity contribution in [2.75, 3.05) is 14.2 Å². The fourth-order valence-electron chi connectivity index (χ4n) is 2.20. The van der Waals surface area contributed by atoms with E-state index in [4.69, 9.17) is 19.1 Å². The van der Waals surface area contributed by atoms with E-state index in [9.17, 15) is 9.59 Å². The normalized spacial score (nSPS) is 11.6. The van der Waals surface area contributed by atoms with Gasteiger partial charge in [-0.25, -0.2) is 0 Å². The highest BCUT2D eigenvalue weighted by Crippen LogP contribution is 2.31. The Morgan fingerprint density at radius 1 is 1.25 bits per heavy atom. The Hall–Kier alpha value is -3.03.